The maximum Gasteiger partial charge on any atom is 0.174 e. The third-order valence-electron chi connectivity index (χ3n) is 3.32. The topological polar surface area (TPSA) is 47.3 Å². The summed E-state index contributed by atoms with van der Waals surface area (Å²) in [5.41, 5.74) is 1.63. The molecule has 19 heavy (non-hydrogen) atoms. The van der Waals surface area contributed by atoms with E-state index in [0.29, 0.717) is 17.7 Å². The average Bonchev–Trinajstić information content (AvgIpc) is 3.05. The van der Waals surface area contributed by atoms with E-state index in [0.717, 1.165) is 5.56 Å². The molecule has 0 amide bonds. The van der Waals surface area contributed by atoms with Gasteiger partial charge in [0.05, 0.1) is 12.2 Å². The van der Waals surface area contributed by atoms with Crippen molar-refractivity contribution in [2.75, 3.05) is 0 Å². The lowest BCUT2D eigenvalue weighted by molar-refractivity contribution is -0.116. The largest absolute Gasteiger partial charge is 0.465 e. The van der Waals surface area contributed by atoms with Crippen LogP contribution in [-0.2, 0) is 11.2 Å². The number of ketones is 2. The van der Waals surface area contributed by atoms with Crippen LogP contribution in [0.4, 0.5) is 0 Å². The van der Waals surface area contributed by atoms with Gasteiger partial charge < -0.3 is 4.42 Å². The molecule has 0 bridgehead atoms. The Balaban J connectivity index is 1.78. The molecule has 1 aromatic carbocycles. The molecular formula is C16H12O3. The molecule has 3 rings (SSSR count). The monoisotopic (exact) mass is 252 g/mol. The van der Waals surface area contributed by atoms with Crippen molar-refractivity contribution < 1.29 is 14.0 Å². The molecule has 1 aromatic heterocycles. The van der Waals surface area contributed by atoms with Crippen LogP contribution in [0.1, 0.15) is 21.7 Å². The predicted octanol–water partition coefficient (Wildman–Crippen LogP) is 2.92. The van der Waals surface area contributed by atoms with Gasteiger partial charge in [0.25, 0.3) is 0 Å². The lowest BCUT2D eigenvalue weighted by Gasteiger charge is -2.01. The van der Waals surface area contributed by atoms with E-state index in [1.807, 2.05) is 18.2 Å². The summed E-state index contributed by atoms with van der Waals surface area (Å²) >= 11 is 0. The number of carbonyl (C=O) groups is 2. The highest BCUT2D eigenvalue weighted by atomic mass is 16.3. The first-order chi connectivity index (χ1) is 9.25. The number of hydrogen-bond acceptors (Lipinski definition) is 3. The third-order valence-corrected chi connectivity index (χ3v) is 3.32. The van der Waals surface area contributed by atoms with Gasteiger partial charge in [-0.05, 0) is 36.3 Å². The summed E-state index contributed by atoms with van der Waals surface area (Å²) in [6.45, 7) is 0. The van der Waals surface area contributed by atoms with Crippen molar-refractivity contribution in [1.82, 2.24) is 0 Å². The second-order valence-corrected chi connectivity index (χ2v) is 4.53. The minimum atomic E-state index is -0.580. The molecule has 0 fully saturated rings. The second-order valence-electron chi connectivity index (χ2n) is 4.53. The summed E-state index contributed by atoms with van der Waals surface area (Å²) in [6.07, 6.45) is 5.06. The first-order valence-corrected chi connectivity index (χ1v) is 6.13. The Bertz CT molecular complexity index is 650. The summed E-state index contributed by atoms with van der Waals surface area (Å²) in [5, 5.41) is 0. The zero-order chi connectivity index (χ0) is 13.2. The van der Waals surface area contributed by atoms with Crippen LogP contribution in [-0.4, -0.2) is 11.6 Å². The molecule has 3 heteroatoms. The number of rotatable bonds is 3. The minimum absolute atomic E-state index is 0.0790. The van der Waals surface area contributed by atoms with Crippen LogP contribution < -0.4 is 0 Å². The Kier molecular flexibility index (Phi) is 2.88. The van der Waals surface area contributed by atoms with Gasteiger partial charge in [0.1, 0.15) is 5.76 Å². The Hall–Kier alpha value is -2.42. The molecule has 0 N–H and O–H groups in total. The van der Waals surface area contributed by atoms with E-state index in [1.54, 1.807) is 30.5 Å². The summed E-state index contributed by atoms with van der Waals surface area (Å²) in [5.74, 6) is -0.220. The van der Waals surface area contributed by atoms with Gasteiger partial charge in [-0.3, -0.25) is 9.59 Å². The number of hydrogen-bond donors (Lipinski definition) is 0. The molecule has 0 radical (unpaired) electrons. The van der Waals surface area contributed by atoms with Gasteiger partial charge in [-0.2, -0.15) is 0 Å². The molecule has 0 saturated heterocycles. The van der Waals surface area contributed by atoms with E-state index in [4.69, 9.17) is 4.42 Å². The van der Waals surface area contributed by atoms with Crippen molar-refractivity contribution in [2.45, 2.75) is 6.42 Å². The minimum Gasteiger partial charge on any atom is -0.465 e. The van der Waals surface area contributed by atoms with Crippen LogP contribution in [0.3, 0.4) is 0 Å². The van der Waals surface area contributed by atoms with E-state index in [9.17, 15) is 9.59 Å². The highest BCUT2D eigenvalue weighted by molar-refractivity contribution is 6.17. The second kappa shape index (κ2) is 4.69. The maximum atomic E-state index is 12.1. The normalized spacial score (nSPS) is 17.9. The lowest BCUT2D eigenvalue weighted by atomic mass is 9.99. The standard InChI is InChI=1S/C16H12O3/c17-15(8-7-12-5-3-9-19-12)14-10-11-4-1-2-6-13(11)16(14)18/h1-9,14H,10H2/b8-7+. The predicted molar refractivity (Wildman–Crippen MR) is 70.7 cm³/mol. The van der Waals surface area contributed by atoms with Gasteiger partial charge >= 0.3 is 0 Å². The van der Waals surface area contributed by atoms with E-state index >= 15 is 0 Å². The summed E-state index contributed by atoms with van der Waals surface area (Å²) in [4.78, 5) is 24.2. The third kappa shape index (κ3) is 2.15. The van der Waals surface area contributed by atoms with Crippen LogP contribution in [0.15, 0.2) is 53.2 Å². The lowest BCUT2D eigenvalue weighted by Crippen LogP contribution is -2.18. The summed E-state index contributed by atoms with van der Waals surface area (Å²) < 4.78 is 5.11. The van der Waals surface area contributed by atoms with Gasteiger partial charge in [0, 0.05) is 5.56 Å². The van der Waals surface area contributed by atoms with Crippen LogP contribution >= 0.6 is 0 Å². The van der Waals surface area contributed by atoms with E-state index in [2.05, 4.69) is 0 Å². The highest BCUT2D eigenvalue weighted by Crippen LogP contribution is 2.27. The molecule has 94 valence electrons. The Morgan fingerprint density at radius 2 is 2.05 bits per heavy atom. The Labute approximate surface area is 110 Å². The Morgan fingerprint density at radius 1 is 1.21 bits per heavy atom. The SMILES string of the molecule is O=C(/C=C/c1ccco1)C1Cc2ccccc2C1=O. The summed E-state index contributed by atoms with van der Waals surface area (Å²) in [6, 6.07) is 10.9. The van der Waals surface area contributed by atoms with Crippen LogP contribution in [0, 0.1) is 5.92 Å². The Morgan fingerprint density at radius 3 is 2.79 bits per heavy atom. The molecule has 1 atom stereocenters. The fraction of sp³-hybridized carbons (Fsp3) is 0.125. The smallest absolute Gasteiger partial charge is 0.174 e. The van der Waals surface area contributed by atoms with Crippen molar-refractivity contribution in [2.24, 2.45) is 5.92 Å². The van der Waals surface area contributed by atoms with Gasteiger partial charge in [0.2, 0.25) is 0 Å². The highest BCUT2D eigenvalue weighted by Gasteiger charge is 2.33. The van der Waals surface area contributed by atoms with E-state index in [1.165, 1.54) is 6.08 Å². The van der Waals surface area contributed by atoms with Crippen LogP contribution in [0.5, 0.6) is 0 Å². The van der Waals surface area contributed by atoms with Crippen molar-refractivity contribution in [3.8, 4) is 0 Å². The molecule has 0 spiro atoms. The molecule has 1 aliphatic rings. The first-order valence-electron chi connectivity index (χ1n) is 6.13. The molecule has 0 aliphatic heterocycles. The number of allylic oxidation sites excluding steroid dienone is 1. The quantitative estimate of drug-likeness (QED) is 0.623. The molecule has 1 heterocycles. The van der Waals surface area contributed by atoms with Crippen molar-refractivity contribution in [3.63, 3.8) is 0 Å². The van der Waals surface area contributed by atoms with Crippen molar-refractivity contribution >= 4 is 17.6 Å². The maximum absolute atomic E-state index is 12.1. The molecule has 1 unspecified atom stereocenters. The molecular weight excluding hydrogens is 240 g/mol. The number of carbonyl (C=O) groups excluding carboxylic acids is 2. The number of Topliss-reactive ketones (excluding diaryl/α,β-unsaturated/α-hetero) is 1. The fourth-order valence-electron chi connectivity index (χ4n) is 2.34. The first kappa shape index (κ1) is 11.7. The number of furan rings is 1. The van der Waals surface area contributed by atoms with Crippen molar-refractivity contribution in [3.05, 3.63) is 65.6 Å². The zero-order valence-corrected chi connectivity index (χ0v) is 10.2. The fourth-order valence-corrected chi connectivity index (χ4v) is 2.34. The molecule has 2 aromatic rings. The van der Waals surface area contributed by atoms with Crippen molar-refractivity contribution in [1.29, 1.82) is 0 Å². The van der Waals surface area contributed by atoms with Gasteiger partial charge in [0.15, 0.2) is 11.6 Å². The number of benzene rings is 1. The van der Waals surface area contributed by atoms with E-state index < -0.39 is 5.92 Å². The van der Waals surface area contributed by atoms with Gasteiger partial charge in [-0.1, -0.05) is 24.3 Å². The molecule has 0 saturated carbocycles. The molecule has 1 aliphatic carbocycles. The van der Waals surface area contributed by atoms with E-state index in [-0.39, 0.29) is 11.6 Å². The zero-order valence-electron chi connectivity index (χ0n) is 10.2. The van der Waals surface area contributed by atoms with Gasteiger partial charge in [-0.15, -0.1) is 0 Å². The molecule has 3 nitrogen and oxygen atoms in total. The van der Waals surface area contributed by atoms with Gasteiger partial charge in [-0.25, -0.2) is 0 Å². The van der Waals surface area contributed by atoms with Crippen LogP contribution in [0.25, 0.3) is 6.08 Å². The van der Waals surface area contributed by atoms with Crippen LogP contribution in [0.2, 0.25) is 0 Å². The summed E-state index contributed by atoms with van der Waals surface area (Å²) in [7, 11) is 0. The number of fused-ring (bicyclic) bond motifs is 1. The average molecular weight is 252 g/mol.